The molecule has 0 unspecified atom stereocenters. The zero-order chi connectivity index (χ0) is 20.4. The Kier molecular flexibility index (Phi) is 10.9. The van der Waals surface area contributed by atoms with Crippen LogP contribution in [-0.2, 0) is 4.79 Å². The Hall–Kier alpha value is -0.750. The van der Waals surface area contributed by atoms with Gasteiger partial charge in [-0.1, -0.05) is 48.0 Å². The van der Waals surface area contributed by atoms with Gasteiger partial charge in [-0.05, 0) is 39.0 Å². The number of thioether (sulfide) groups is 1. The highest BCUT2D eigenvalue weighted by Gasteiger charge is 2.37. The standard InChI is InChI=1S/C20H41N3O2S/c1-18(2,3)16(24)20(7,8)23-17(25)22-14-13-21-12-10-9-11-15-26-19(4,5)6/h21H,9-15H2,1-8H3,(H2,22,23,25). The number of rotatable bonds is 11. The number of carbonyl (C=O) groups is 2. The minimum Gasteiger partial charge on any atom is -0.337 e. The summed E-state index contributed by atoms with van der Waals surface area (Å²) in [5, 5.41) is 8.92. The van der Waals surface area contributed by atoms with E-state index in [1.54, 1.807) is 13.8 Å². The molecule has 2 amide bonds. The molecule has 0 heterocycles. The van der Waals surface area contributed by atoms with Gasteiger partial charge in [0, 0.05) is 23.3 Å². The summed E-state index contributed by atoms with van der Waals surface area (Å²) < 4.78 is 0.358. The van der Waals surface area contributed by atoms with Crippen molar-refractivity contribution in [2.24, 2.45) is 5.41 Å². The van der Waals surface area contributed by atoms with Crippen molar-refractivity contribution in [2.75, 3.05) is 25.4 Å². The molecule has 154 valence electrons. The van der Waals surface area contributed by atoms with Gasteiger partial charge in [-0.2, -0.15) is 11.8 Å². The summed E-state index contributed by atoms with van der Waals surface area (Å²) in [5.41, 5.74) is -1.36. The van der Waals surface area contributed by atoms with Gasteiger partial charge in [0.15, 0.2) is 5.78 Å². The SMILES string of the molecule is CC(C)(C)SCCCCCNCCNC(=O)NC(C)(C)C(=O)C(C)(C)C. The molecule has 0 radical (unpaired) electrons. The Morgan fingerprint density at radius 1 is 0.808 bits per heavy atom. The van der Waals surface area contributed by atoms with Crippen LogP contribution in [0.3, 0.4) is 0 Å². The lowest BCUT2D eigenvalue weighted by Crippen LogP contribution is -2.56. The molecule has 0 bridgehead atoms. The number of unbranched alkanes of at least 4 members (excludes halogenated alkanes) is 2. The zero-order valence-electron chi connectivity index (χ0n) is 18.2. The van der Waals surface area contributed by atoms with Crippen molar-refractivity contribution >= 4 is 23.6 Å². The quantitative estimate of drug-likeness (QED) is 0.469. The fourth-order valence-corrected chi connectivity index (χ4v) is 3.58. The van der Waals surface area contributed by atoms with Gasteiger partial charge in [0.25, 0.3) is 0 Å². The summed E-state index contributed by atoms with van der Waals surface area (Å²) in [4.78, 5) is 24.3. The highest BCUT2D eigenvalue weighted by Crippen LogP contribution is 2.24. The lowest BCUT2D eigenvalue weighted by Gasteiger charge is -2.31. The first kappa shape index (κ1) is 25.2. The summed E-state index contributed by atoms with van der Waals surface area (Å²) >= 11 is 2.02. The van der Waals surface area contributed by atoms with Crippen molar-refractivity contribution < 1.29 is 9.59 Å². The normalized spacial score (nSPS) is 12.8. The average molecular weight is 388 g/mol. The number of hydrogen-bond acceptors (Lipinski definition) is 4. The van der Waals surface area contributed by atoms with Crippen LogP contribution >= 0.6 is 11.8 Å². The van der Waals surface area contributed by atoms with Gasteiger partial charge in [-0.15, -0.1) is 0 Å². The molecule has 0 aliphatic carbocycles. The molecule has 0 saturated heterocycles. The molecule has 0 aromatic rings. The van der Waals surface area contributed by atoms with E-state index < -0.39 is 11.0 Å². The molecule has 5 nitrogen and oxygen atoms in total. The number of hydrogen-bond donors (Lipinski definition) is 3. The second-order valence-electron chi connectivity index (χ2n) is 9.36. The maximum Gasteiger partial charge on any atom is 0.315 e. The van der Waals surface area contributed by atoms with Gasteiger partial charge < -0.3 is 16.0 Å². The van der Waals surface area contributed by atoms with Crippen LogP contribution in [0, 0.1) is 5.41 Å². The van der Waals surface area contributed by atoms with Crippen molar-refractivity contribution in [3.63, 3.8) is 0 Å². The van der Waals surface area contributed by atoms with Gasteiger partial charge in [0.05, 0.1) is 5.54 Å². The summed E-state index contributed by atoms with van der Waals surface area (Å²) in [5.74, 6) is 1.23. The van der Waals surface area contributed by atoms with Crippen LogP contribution in [0.4, 0.5) is 4.79 Å². The monoisotopic (exact) mass is 387 g/mol. The molecule has 0 aromatic heterocycles. The minimum atomic E-state index is -0.874. The summed E-state index contributed by atoms with van der Waals surface area (Å²) in [6.07, 6.45) is 3.64. The number of urea groups is 1. The summed E-state index contributed by atoms with van der Waals surface area (Å²) in [6.45, 7) is 18.1. The highest BCUT2D eigenvalue weighted by molar-refractivity contribution is 8.00. The predicted molar refractivity (Wildman–Crippen MR) is 114 cm³/mol. The topological polar surface area (TPSA) is 70.2 Å². The minimum absolute atomic E-state index is 0.0166. The Labute approximate surface area is 165 Å². The van der Waals surface area contributed by atoms with E-state index in [0.29, 0.717) is 11.3 Å². The molecule has 3 N–H and O–H groups in total. The largest absolute Gasteiger partial charge is 0.337 e. The van der Waals surface area contributed by atoms with E-state index in [1.807, 2.05) is 32.5 Å². The van der Waals surface area contributed by atoms with E-state index >= 15 is 0 Å². The van der Waals surface area contributed by atoms with Crippen molar-refractivity contribution in [2.45, 2.75) is 84.9 Å². The first-order valence-electron chi connectivity index (χ1n) is 9.71. The molecule has 26 heavy (non-hydrogen) atoms. The van der Waals surface area contributed by atoms with Gasteiger partial charge >= 0.3 is 6.03 Å². The Morgan fingerprint density at radius 3 is 1.96 bits per heavy atom. The van der Waals surface area contributed by atoms with Crippen molar-refractivity contribution in [3.05, 3.63) is 0 Å². The van der Waals surface area contributed by atoms with E-state index in [1.165, 1.54) is 18.6 Å². The van der Waals surface area contributed by atoms with Crippen LogP contribution in [0.1, 0.15) is 74.7 Å². The van der Waals surface area contributed by atoms with Crippen LogP contribution in [-0.4, -0.2) is 47.5 Å². The predicted octanol–water partition coefficient (Wildman–Crippen LogP) is 3.97. The van der Waals surface area contributed by atoms with Gasteiger partial charge in [-0.25, -0.2) is 4.79 Å². The first-order chi connectivity index (χ1) is 11.8. The van der Waals surface area contributed by atoms with E-state index in [9.17, 15) is 9.59 Å². The van der Waals surface area contributed by atoms with Gasteiger partial charge in [0.2, 0.25) is 0 Å². The van der Waals surface area contributed by atoms with Crippen molar-refractivity contribution in [1.82, 2.24) is 16.0 Å². The third-order valence-corrected chi connectivity index (χ3v) is 5.15. The second-order valence-corrected chi connectivity index (χ2v) is 11.3. The highest BCUT2D eigenvalue weighted by atomic mass is 32.2. The fourth-order valence-electron chi connectivity index (χ4n) is 2.62. The number of Topliss-reactive ketones (excluding diaryl/α,β-unsaturated/α-hetero) is 1. The van der Waals surface area contributed by atoms with E-state index in [2.05, 4.69) is 36.7 Å². The van der Waals surface area contributed by atoms with Crippen LogP contribution in [0.25, 0.3) is 0 Å². The number of carbonyl (C=O) groups excluding carboxylic acids is 2. The molecule has 0 spiro atoms. The average Bonchev–Trinajstić information content (AvgIpc) is 2.45. The molecular weight excluding hydrogens is 346 g/mol. The molecule has 0 saturated carbocycles. The summed E-state index contributed by atoms with van der Waals surface area (Å²) in [7, 11) is 0. The van der Waals surface area contributed by atoms with E-state index in [0.717, 1.165) is 19.5 Å². The third-order valence-electron chi connectivity index (χ3n) is 3.80. The number of nitrogens with one attached hydrogen (secondary N) is 3. The van der Waals surface area contributed by atoms with Crippen molar-refractivity contribution in [1.29, 1.82) is 0 Å². The maximum atomic E-state index is 12.3. The van der Waals surface area contributed by atoms with Gasteiger partial charge in [0.1, 0.15) is 0 Å². The third kappa shape index (κ3) is 12.6. The Balaban J connectivity index is 3.73. The lowest BCUT2D eigenvalue weighted by atomic mass is 9.80. The number of amides is 2. The van der Waals surface area contributed by atoms with Crippen LogP contribution in [0.15, 0.2) is 0 Å². The smallest absolute Gasteiger partial charge is 0.315 e. The van der Waals surface area contributed by atoms with E-state index in [4.69, 9.17) is 0 Å². The first-order valence-corrected chi connectivity index (χ1v) is 10.7. The molecule has 0 aliphatic heterocycles. The zero-order valence-corrected chi connectivity index (χ0v) is 19.0. The Bertz CT molecular complexity index is 437. The molecule has 0 rings (SSSR count). The second kappa shape index (κ2) is 11.2. The maximum absolute atomic E-state index is 12.3. The molecule has 0 aromatic carbocycles. The fraction of sp³-hybridized carbons (Fsp3) is 0.900. The molecule has 0 atom stereocenters. The molecule has 0 aliphatic rings. The van der Waals surface area contributed by atoms with Gasteiger partial charge in [-0.3, -0.25) is 4.79 Å². The molecular formula is C20H41N3O2S. The van der Waals surface area contributed by atoms with Crippen LogP contribution < -0.4 is 16.0 Å². The number of ketones is 1. The molecule has 0 fully saturated rings. The lowest BCUT2D eigenvalue weighted by molar-refractivity contribution is -0.131. The van der Waals surface area contributed by atoms with Crippen LogP contribution in [0.5, 0.6) is 0 Å². The van der Waals surface area contributed by atoms with Crippen molar-refractivity contribution in [3.8, 4) is 0 Å². The summed E-state index contributed by atoms with van der Waals surface area (Å²) in [6, 6.07) is -0.298. The van der Waals surface area contributed by atoms with Crippen LogP contribution in [0.2, 0.25) is 0 Å². The molecule has 6 heteroatoms. The van der Waals surface area contributed by atoms with E-state index in [-0.39, 0.29) is 11.8 Å². The Morgan fingerprint density at radius 2 is 1.42 bits per heavy atom.